The smallest absolute Gasteiger partial charge is 0.429 e. The highest BCUT2D eigenvalue weighted by Crippen LogP contribution is 2.36. The second kappa shape index (κ2) is 5.40. The minimum absolute atomic E-state index is 0.0196. The minimum atomic E-state index is -4.23. The van der Waals surface area contributed by atoms with Crippen molar-refractivity contribution in [1.82, 2.24) is 0 Å². The van der Waals surface area contributed by atoms with E-state index >= 15 is 0 Å². The molecule has 0 aliphatic heterocycles. The number of halogens is 6. The molecule has 7 heteroatoms. The summed E-state index contributed by atoms with van der Waals surface area (Å²) in [6.45, 7) is 0. The van der Waals surface area contributed by atoms with Crippen molar-refractivity contribution >= 4 is 15.9 Å². The van der Waals surface area contributed by atoms with Crippen molar-refractivity contribution < 1.29 is 26.7 Å². The van der Waals surface area contributed by atoms with Crippen LogP contribution in [0.15, 0.2) is 40.9 Å². The lowest BCUT2D eigenvalue weighted by Crippen LogP contribution is -2.25. The Kier molecular flexibility index (Phi) is 3.99. The molecule has 106 valence electrons. The van der Waals surface area contributed by atoms with Crippen LogP contribution in [0.5, 0.6) is 5.75 Å². The van der Waals surface area contributed by atoms with Crippen LogP contribution in [-0.2, 0) is 6.11 Å². The zero-order valence-corrected chi connectivity index (χ0v) is 11.2. The summed E-state index contributed by atoms with van der Waals surface area (Å²) < 4.78 is 71.4. The summed E-state index contributed by atoms with van der Waals surface area (Å²) in [6, 6.07) is 5.02. The Hall–Kier alpha value is -1.63. The van der Waals surface area contributed by atoms with Crippen molar-refractivity contribution in [3.05, 3.63) is 63.9 Å². The van der Waals surface area contributed by atoms with Gasteiger partial charge in [-0.3, -0.25) is 0 Å². The number of rotatable bonds is 3. The molecule has 0 atom stereocenters. The van der Waals surface area contributed by atoms with Crippen LogP contribution < -0.4 is 4.74 Å². The molecule has 0 aliphatic rings. The summed E-state index contributed by atoms with van der Waals surface area (Å²) in [5, 5.41) is 0. The van der Waals surface area contributed by atoms with Crippen LogP contribution in [0.1, 0.15) is 5.56 Å². The summed E-state index contributed by atoms with van der Waals surface area (Å²) in [5.74, 6) is -3.98. The molecule has 2 rings (SSSR count). The molecule has 0 aliphatic carbocycles. The molecule has 0 saturated carbocycles. The van der Waals surface area contributed by atoms with E-state index in [-0.39, 0.29) is 4.47 Å². The second-order valence-corrected chi connectivity index (χ2v) is 4.73. The molecule has 0 amide bonds. The number of hydrogen-bond donors (Lipinski definition) is 0. The Labute approximate surface area is 119 Å². The van der Waals surface area contributed by atoms with Gasteiger partial charge in [-0.25, -0.2) is 13.2 Å². The molecule has 0 saturated heterocycles. The van der Waals surface area contributed by atoms with Crippen molar-refractivity contribution in [2.75, 3.05) is 0 Å². The van der Waals surface area contributed by atoms with E-state index in [2.05, 4.69) is 20.7 Å². The first kappa shape index (κ1) is 14.8. The molecular formula is C13H6BrF5O. The number of benzene rings is 2. The molecule has 1 nitrogen and oxygen atoms in total. The fourth-order valence-corrected chi connectivity index (χ4v) is 1.92. The van der Waals surface area contributed by atoms with E-state index in [9.17, 15) is 22.0 Å². The van der Waals surface area contributed by atoms with Gasteiger partial charge < -0.3 is 4.74 Å². The number of hydrogen-bond acceptors (Lipinski definition) is 1. The zero-order valence-electron chi connectivity index (χ0n) is 9.64. The minimum Gasteiger partial charge on any atom is -0.429 e. The van der Waals surface area contributed by atoms with E-state index in [1.54, 1.807) is 0 Å². The van der Waals surface area contributed by atoms with Crippen LogP contribution in [-0.4, -0.2) is 0 Å². The van der Waals surface area contributed by atoms with E-state index in [0.717, 1.165) is 24.3 Å². The summed E-state index contributed by atoms with van der Waals surface area (Å²) in [4.78, 5) is 0. The molecule has 0 spiro atoms. The standard InChI is InChI=1S/C13H6BrF5O/c14-7-5-10(16)12(11(17)6-7)13(18,19)20-9-3-1-8(15)2-4-9/h1-6H. The lowest BCUT2D eigenvalue weighted by molar-refractivity contribution is -0.189. The first-order valence-corrected chi connectivity index (χ1v) is 6.06. The molecular weight excluding hydrogens is 347 g/mol. The first-order valence-electron chi connectivity index (χ1n) is 5.27. The third-order valence-electron chi connectivity index (χ3n) is 2.36. The van der Waals surface area contributed by atoms with Gasteiger partial charge in [-0.1, -0.05) is 15.9 Å². The van der Waals surface area contributed by atoms with Crippen molar-refractivity contribution in [2.24, 2.45) is 0 Å². The van der Waals surface area contributed by atoms with Crippen molar-refractivity contribution in [2.45, 2.75) is 6.11 Å². The predicted molar refractivity (Wildman–Crippen MR) is 65.0 cm³/mol. The summed E-state index contributed by atoms with van der Waals surface area (Å²) in [6.07, 6.45) is -4.23. The van der Waals surface area contributed by atoms with Crippen LogP contribution in [0.25, 0.3) is 0 Å². The maximum absolute atomic E-state index is 13.8. The summed E-state index contributed by atoms with van der Waals surface area (Å²) >= 11 is 2.78. The van der Waals surface area contributed by atoms with E-state index < -0.39 is 34.9 Å². The molecule has 0 N–H and O–H groups in total. The van der Waals surface area contributed by atoms with Gasteiger partial charge in [-0.2, -0.15) is 8.78 Å². The van der Waals surface area contributed by atoms with Gasteiger partial charge in [-0.05, 0) is 36.4 Å². The average Bonchev–Trinajstić information content (AvgIpc) is 2.30. The molecule has 20 heavy (non-hydrogen) atoms. The topological polar surface area (TPSA) is 9.23 Å². The fraction of sp³-hybridized carbons (Fsp3) is 0.0769. The Morgan fingerprint density at radius 3 is 1.90 bits per heavy atom. The highest BCUT2D eigenvalue weighted by Gasteiger charge is 2.41. The molecule has 0 fully saturated rings. The Balaban J connectivity index is 2.37. The van der Waals surface area contributed by atoms with Gasteiger partial charge in [0.05, 0.1) is 0 Å². The molecule has 0 bridgehead atoms. The fourth-order valence-electron chi connectivity index (χ4n) is 1.52. The van der Waals surface area contributed by atoms with Gasteiger partial charge in [0.25, 0.3) is 0 Å². The predicted octanol–water partition coefficient (Wildman–Crippen LogP) is 4.99. The van der Waals surface area contributed by atoms with Crippen LogP contribution in [0.2, 0.25) is 0 Å². The van der Waals surface area contributed by atoms with E-state index in [0.29, 0.717) is 12.1 Å². The van der Waals surface area contributed by atoms with E-state index in [1.165, 1.54) is 0 Å². The highest BCUT2D eigenvalue weighted by molar-refractivity contribution is 9.10. The lowest BCUT2D eigenvalue weighted by atomic mass is 10.2. The van der Waals surface area contributed by atoms with Gasteiger partial charge in [0, 0.05) is 4.47 Å². The van der Waals surface area contributed by atoms with Crippen LogP contribution in [0.4, 0.5) is 22.0 Å². The Morgan fingerprint density at radius 2 is 1.40 bits per heavy atom. The Bertz CT molecular complexity index is 604. The van der Waals surface area contributed by atoms with Crippen LogP contribution >= 0.6 is 15.9 Å². The number of alkyl halides is 2. The quantitative estimate of drug-likeness (QED) is 0.706. The normalized spacial score (nSPS) is 11.5. The molecule has 0 radical (unpaired) electrons. The first-order chi connectivity index (χ1) is 9.29. The third kappa shape index (κ3) is 3.09. The SMILES string of the molecule is Fc1ccc(OC(F)(F)c2c(F)cc(Br)cc2F)cc1. The summed E-state index contributed by atoms with van der Waals surface area (Å²) in [5.41, 5.74) is -1.51. The van der Waals surface area contributed by atoms with Crippen molar-refractivity contribution in [1.29, 1.82) is 0 Å². The van der Waals surface area contributed by atoms with Crippen LogP contribution in [0, 0.1) is 17.5 Å². The average molecular weight is 353 g/mol. The van der Waals surface area contributed by atoms with Gasteiger partial charge in [-0.15, -0.1) is 0 Å². The largest absolute Gasteiger partial charge is 0.432 e. The van der Waals surface area contributed by atoms with Gasteiger partial charge in [0.15, 0.2) is 0 Å². The molecule has 0 aromatic heterocycles. The highest BCUT2D eigenvalue weighted by atomic mass is 79.9. The van der Waals surface area contributed by atoms with Gasteiger partial charge in [0.1, 0.15) is 28.8 Å². The lowest BCUT2D eigenvalue weighted by Gasteiger charge is -2.19. The Morgan fingerprint density at radius 1 is 0.900 bits per heavy atom. The molecule has 2 aromatic rings. The zero-order chi connectivity index (χ0) is 14.9. The summed E-state index contributed by atoms with van der Waals surface area (Å²) in [7, 11) is 0. The molecule has 0 unspecified atom stereocenters. The second-order valence-electron chi connectivity index (χ2n) is 3.82. The van der Waals surface area contributed by atoms with Gasteiger partial charge >= 0.3 is 6.11 Å². The maximum Gasteiger partial charge on any atom is 0.432 e. The molecule has 0 heterocycles. The van der Waals surface area contributed by atoms with Gasteiger partial charge in [0.2, 0.25) is 0 Å². The van der Waals surface area contributed by atoms with Crippen LogP contribution in [0.3, 0.4) is 0 Å². The van der Waals surface area contributed by atoms with Crippen molar-refractivity contribution in [3.8, 4) is 5.75 Å². The van der Waals surface area contributed by atoms with Crippen molar-refractivity contribution in [3.63, 3.8) is 0 Å². The van der Waals surface area contributed by atoms with E-state index in [1.807, 2.05) is 0 Å². The van der Waals surface area contributed by atoms with E-state index in [4.69, 9.17) is 0 Å². The third-order valence-corrected chi connectivity index (χ3v) is 2.82. The maximum atomic E-state index is 13.8. The monoisotopic (exact) mass is 352 g/mol. The molecule has 2 aromatic carbocycles. The number of ether oxygens (including phenoxy) is 1.